The molecule has 1 aromatic rings. The lowest BCUT2D eigenvalue weighted by molar-refractivity contribution is 1.20. The zero-order valence-corrected chi connectivity index (χ0v) is 9.50. The van der Waals surface area contributed by atoms with Crippen LogP contribution in [0, 0.1) is 11.3 Å². The van der Waals surface area contributed by atoms with Crippen LogP contribution in [-0.4, -0.2) is 11.7 Å². The summed E-state index contributed by atoms with van der Waals surface area (Å²) in [5.74, 6) is -0.245. The standard InChI is InChI=1S/C9H7Cl2N5/c10-5-1-2-7(11)6(3-5)8(4-12)15-16-9(13)14/h1-3H,(H4,13,14,16)/b15-8+. The highest BCUT2D eigenvalue weighted by molar-refractivity contribution is 6.37. The Kier molecular flexibility index (Phi) is 4.11. The minimum Gasteiger partial charge on any atom is -0.369 e. The van der Waals surface area contributed by atoms with Gasteiger partial charge in [-0.15, -0.1) is 10.2 Å². The molecule has 0 amide bonds. The van der Waals surface area contributed by atoms with Gasteiger partial charge in [0.1, 0.15) is 6.07 Å². The van der Waals surface area contributed by atoms with E-state index in [0.29, 0.717) is 15.6 Å². The van der Waals surface area contributed by atoms with Crippen molar-refractivity contribution >= 4 is 34.9 Å². The number of halogens is 2. The number of guanidine groups is 1. The van der Waals surface area contributed by atoms with E-state index < -0.39 is 0 Å². The Bertz CT molecular complexity index is 497. The number of hydrogen-bond donors (Lipinski definition) is 2. The molecule has 16 heavy (non-hydrogen) atoms. The van der Waals surface area contributed by atoms with Gasteiger partial charge in [-0.05, 0) is 18.2 Å². The fraction of sp³-hybridized carbons (Fsp3) is 0. The molecule has 0 aliphatic carbocycles. The van der Waals surface area contributed by atoms with Crippen molar-refractivity contribution < 1.29 is 0 Å². The minimum absolute atomic E-state index is 0.0131. The molecular formula is C9H7Cl2N5. The quantitative estimate of drug-likeness (QED) is 0.476. The maximum absolute atomic E-state index is 8.87. The third-order valence-corrected chi connectivity index (χ3v) is 2.12. The lowest BCUT2D eigenvalue weighted by Crippen LogP contribution is -2.22. The summed E-state index contributed by atoms with van der Waals surface area (Å²) in [4.78, 5) is 0. The number of nitriles is 1. The van der Waals surface area contributed by atoms with Gasteiger partial charge in [-0.1, -0.05) is 23.2 Å². The van der Waals surface area contributed by atoms with Crippen LogP contribution in [0.25, 0.3) is 0 Å². The Morgan fingerprint density at radius 3 is 2.50 bits per heavy atom. The summed E-state index contributed by atoms with van der Waals surface area (Å²) in [5, 5.41) is 16.6. The van der Waals surface area contributed by atoms with Crippen molar-refractivity contribution in [3.8, 4) is 6.07 Å². The smallest absolute Gasteiger partial charge is 0.211 e. The van der Waals surface area contributed by atoms with E-state index in [-0.39, 0.29) is 11.7 Å². The molecule has 0 aliphatic rings. The summed E-state index contributed by atoms with van der Waals surface area (Å²) in [6.07, 6.45) is 0. The van der Waals surface area contributed by atoms with Crippen LogP contribution in [0.1, 0.15) is 5.56 Å². The van der Waals surface area contributed by atoms with Crippen molar-refractivity contribution in [3.63, 3.8) is 0 Å². The lowest BCUT2D eigenvalue weighted by Gasteiger charge is -2.00. The summed E-state index contributed by atoms with van der Waals surface area (Å²) in [6, 6.07) is 6.50. The first-order valence-corrected chi connectivity index (χ1v) is 4.82. The van der Waals surface area contributed by atoms with Crippen molar-refractivity contribution in [2.45, 2.75) is 0 Å². The Labute approximate surface area is 102 Å². The number of rotatable bonds is 2. The van der Waals surface area contributed by atoms with Gasteiger partial charge in [0.15, 0.2) is 5.71 Å². The zero-order chi connectivity index (χ0) is 12.1. The third kappa shape index (κ3) is 3.12. The highest BCUT2D eigenvalue weighted by Gasteiger charge is 2.08. The van der Waals surface area contributed by atoms with Gasteiger partial charge < -0.3 is 11.5 Å². The molecule has 1 aromatic carbocycles. The van der Waals surface area contributed by atoms with E-state index in [4.69, 9.17) is 39.9 Å². The molecule has 0 heterocycles. The first kappa shape index (κ1) is 12.3. The molecular weight excluding hydrogens is 249 g/mol. The Hall–Kier alpha value is -1.77. The summed E-state index contributed by atoms with van der Waals surface area (Å²) >= 11 is 11.7. The monoisotopic (exact) mass is 255 g/mol. The minimum atomic E-state index is -0.245. The molecule has 0 saturated heterocycles. The normalized spacial score (nSPS) is 10.7. The van der Waals surface area contributed by atoms with E-state index in [1.807, 2.05) is 6.07 Å². The molecule has 4 N–H and O–H groups in total. The molecule has 0 fully saturated rings. The number of nitrogens with two attached hydrogens (primary N) is 2. The summed E-state index contributed by atoms with van der Waals surface area (Å²) in [5.41, 5.74) is 10.6. The van der Waals surface area contributed by atoms with Crippen molar-refractivity contribution in [1.82, 2.24) is 0 Å². The zero-order valence-electron chi connectivity index (χ0n) is 7.98. The van der Waals surface area contributed by atoms with Crippen molar-refractivity contribution in [1.29, 1.82) is 5.26 Å². The maximum Gasteiger partial charge on any atom is 0.211 e. The predicted molar refractivity (Wildman–Crippen MR) is 64.4 cm³/mol. The molecule has 0 atom stereocenters. The average Bonchev–Trinajstić information content (AvgIpc) is 2.23. The molecule has 0 unspecified atom stereocenters. The first-order chi connectivity index (χ1) is 7.54. The summed E-state index contributed by atoms with van der Waals surface area (Å²) < 4.78 is 0. The van der Waals surface area contributed by atoms with Crippen molar-refractivity contribution in [2.24, 2.45) is 21.7 Å². The highest BCUT2D eigenvalue weighted by atomic mass is 35.5. The van der Waals surface area contributed by atoms with Crippen LogP contribution in [0.5, 0.6) is 0 Å². The Morgan fingerprint density at radius 2 is 1.94 bits per heavy atom. The number of nitrogens with zero attached hydrogens (tertiary/aromatic N) is 3. The van der Waals surface area contributed by atoms with E-state index in [2.05, 4.69) is 10.2 Å². The highest BCUT2D eigenvalue weighted by Crippen LogP contribution is 2.21. The van der Waals surface area contributed by atoms with Crippen LogP contribution in [0.4, 0.5) is 0 Å². The Morgan fingerprint density at radius 1 is 1.25 bits per heavy atom. The van der Waals surface area contributed by atoms with Gasteiger partial charge in [-0.2, -0.15) is 5.26 Å². The molecule has 1 rings (SSSR count). The molecule has 0 saturated carbocycles. The van der Waals surface area contributed by atoms with Gasteiger partial charge in [0.05, 0.1) is 5.02 Å². The van der Waals surface area contributed by atoms with E-state index in [1.165, 1.54) is 6.07 Å². The van der Waals surface area contributed by atoms with Crippen LogP contribution in [0.2, 0.25) is 10.0 Å². The van der Waals surface area contributed by atoms with Gasteiger partial charge in [-0.25, -0.2) is 0 Å². The second kappa shape index (κ2) is 5.35. The number of benzene rings is 1. The summed E-state index contributed by atoms with van der Waals surface area (Å²) in [7, 11) is 0. The Balaban J connectivity index is 3.25. The second-order valence-corrected chi connectivity index (χ2v) is 3.55. The molecule has 0 aliphatic heterocycles. The first-order valence-electron chi connectivity index (χ1n) is 4.06. The van der Waals surface area contributed by atoms with Gasteiger partial charge in [-0.3, -0.25) is 0 Å². The maximum atomic E-state index is 8.87. The van der Waals surface area contributed by atoms with E-state index in [1.54, 1.807) is 12.1 Å². The van der Waals surface area contributed by atoms with Gasteiger partial charge in [0, 0.05) is 10.6 Å². The SMILES string of the molecule is N#C/C(=N\N=C(N)N)c1cc(Cl)ccc1Cl. The fourth-order valence-electron chi connectivity index (χ4n) is 0.923. The molecule has 0 radical (unpaired) electrons. The molecule has 82 valence electrons. The predicted octanol–water partition coefficient (Wildman–Crippen LogP) is 1.49. The van der Waals surface area contributed by atoms with E-state index in [9.17, 15) is 0 Å². The van der Waals surface area contributed by atoms with Crippen LogP contribution < -0.4 is 11.5 Å². The summed E-state index contributed by atoms with van der Waals surface area (Å²) in [6.45, 7) is 0. The van der Waals surface area contributed by atoms with Gasteiger partial charge >= 0.3 is 0 Å². The van der Waals surface area contributed by atoms with Gasteiger partial charge in [0.25, 0.3) is 0 Å². The average molecular weight is 256 g/mol. The molecule has 0 aromatic heterocycles. The van der Waals surface area contributed by atoms with Crippen molar-refractivity contribution in [3.05, 3.63) is 33.8 Å². The van der Waals surface area contributed by atoms with Crippen LogP contribution in [0.15, 0.2) is 28.4 Å². The lowest BCUT2D eigenvalue weighted by atomic mass is 10.1. The topological polar surface area (TPSA) is 101 Å². The van der Waals surface area contributed by atoms with E-state index >= 15 is 0 Å². The molecule has 0 spiro atoms. The third-order valence-electron chi connectivity index (χ3n) is 1.55. The van der Waals surface area contributed by atoms with E-state index in [0.717, 1.165) is 0 Å². The molecule has 0 bridgehead atoms. The molecule has 7 heteroatoms. The fourth-order valence-corrected chi connectivity index (χ4v) is 1.30. The van der Waals surface area contributed by atoms with Crippen molar-refractivity contribution in [2.75, 3.05) is 0 Å². The van der Waals surface area contributed by atoms with Crippen LogP contribution in [-0.2, 0) is 0 Å². The number of hydrogen-bond acceptors (Lipinski definition) is 3. The van der Waals surface area contributed by atoms with Crippen LogP contribution >= 0.6 is 23.2 Å². The van der Waals surface area contributed by atoms with Crippen LogP contribution in [0.3, 0.4) is 0 Å². The van der Waals surface area contributed by atoms with Gasteiger partial charge in [0.2, 0.25) is 5.96 Å². The molecule has 5 nitrogen and oxygen atoms in total. The second-order valence-electron chi connectivity index (χ2n) is 2.71. The largest absolute Gasteiger partial charge is 0.369 e.